The van der Waals surface area contributed by atoms with E-state index in [4.69, 9.17) is 4.74 Å². The smallest absolute Gasteiger partial charge is 0.246 e. The molecule has 1 aromatic rings. The van der Waals surface area contributed by atoms with E-state index in [-0.39, 0.29) is 30.0 Å². The van der Waals surface area contributed by atoms with Gasteiger partial charge in [0.2, 0.25) is 5.91 Å². The van der Waals surface area contributed by atoms with Crippen LogP contribution < -0.4 is 5.32 Å². The van der Waals surface area contributed by atoms with Crippen LogP contribution in [0.3, 0.4) is 0 Å². The second-order valence-corrected chi connectivity index (χ2v) is 5.21. The molecule has 0 saturated heterocycles. The van der Waals surface area contributed by atoms with E-state index < -0.39 is 0 Å². The zero-order valence-corrected chi connectivity index (χ0v) is 11.3. The first kappa shape index (κ1) is 14.6. The van der Waals surface area contributed by atoms with Crippen LogP contribution in [0, 0.1) is 5.82 Å². The molecule has 1 unspecified atom stereocenters. The van der Waals surface area contributed by atoms with Crippen LogP contribution in [-0.4, -0.2) is 18.1 Å². The topological polar surface area (TPSA) is 38.3 Å². The third-order valence-electron chi connectivity index (χ3n) is 2.39. The molecule has 0 heterocycles. The maximum absolute atomic E-state index is 13.5. The number of carbonyl (C=O) groups excluding carboxylic acids is 1. The highest BCUT2D eigenvalue weighted by Gasteiger charge is 2.16. The van der Waals surface area contributed by atoms with Crippen LogP contribution in [0.15, 0.2) is 24.3 Å². The molecule has 0 fully saturated rings. The molecule has 0 aliphatic heterocycles. The van der Waals surface area contributed by atoms with Crippen molar-refractivity contribution < 1.29 is 13.9 Å². The maximum atomic E-state index is 13.5. The Morgan fingerprint density at radius 2 is 2.00 bits per heavy atom. The largest absolute Gasteiger partial charge is 0.366 e. The first-order chi connectivity index (χ1) is 8.29. The molecule has 0 bridgehead atoms. The van der Waals surface area contributed by atoms with Gasteiger partial charge in [-0.2, -0.15) is 0 Å². The predicted molar refractivity (Wildman–Crippen MR) is 68.7 cm³/mol. The fraction of sp³-hybridized carbons (Fsp3) is 0.500. The Labute approximate surface area is 107 Å². The molecule has 1 N–H and O–H groups in total. The normalized spacial score (nSPS) is 13.2. The minimum Gasteiger partial charge on any atom is -0.366 e. The highest BCUT2D eigenvalue weighted by atomic mass is 19.1. The first-order valence-electron chi connectivity index (χ1n) is 5.97. The van der Waals surface area contributed by atoms with Gasteiger partial charge in [0.1, 0.15) is 12.4 Å². The molecular formula is C14H20FNO2. The Morgan fingerprint density at radius 1 is 1.39 bits per heavy atom. The fourth-order valence-electron chi connectivity index (χ4n) is 1.47. The Kier molecular flexibility index (Phi) is 4.84. The number of amides is 1. The van der Waals surface area contributed by atoms with Crippen LogP contribution in [-0.2, 0) is 9.53 Å². The maximum Gasteiger partial charge on any atom is 0.246 e. The van der Waals surface area contributed by atoms with Crippen molar-refractivity contribution in [1.82, 2.24) is 5.32 Å². The van der Waals surface area contributed by atoms with Crippen molar-refractivity contribution in [3.63, 3.8) is 0 Å². The molecule has 0 aliphatic carbocycles. The van der Waals surface area contributed by atoms with Crippen LogP contribution in [0.4, 0.5) is 4.39 Å². The van der Waals surface area contributed by atoms with Crippen LogP contribution in [0.1, 0.15) is 39.3 Å². The first-order valence-corrected chi connectivity index (χ1v) is 5.97. The van der Waals surface area contributed by atoms with E-state index in [0.29, 0.717) is 5.56 Å². The van der Waals surface area contributed by atoms with Crippen LogP contribution in [0.5, 0.6) is 0 Å². The second kappa shape index (κ2) is 5.96. The van der Waals surface area contributed by atoms with Crippen molar-refractivity contribution >= 4 is 5.91 Å². The van der Waals surface area contributed by atoms with E-state index in [0.717, 1.165) is 0 Å². The molecule has 0 aromatic heterocycles. The lowest BCUT2D eigenvalue weighted by Crippen LogP contribution is -2.33. The number of benzene rings is 1. The number of hydrogen-bond donors (Lipinski definition) is 1. The van der Waals surface area contributed by atoms with Crippen LogP contribution >= 0.6 is 0 Å². The summed E-state index contributed by atoms with van der Waals surface area (Å²) < 4.78 is 18.8. The van der Waals surface area contributed by atoms with E-state index in [1.807, 2.05) is 20.8 Å². The number of halogens is 1. The Bertz CT molecular complexity index is 413. The summed E-state index contributed by atoms with van der Waals surface area (Å²) in [6.07, 6.45) is 0. The summed E-state index contributed by atoms with van der Waals surface area (Å²) in [5.74, 6) is -0.567. The summed E-state index contributed by atoms with van der Waals surface area (Å²) in [6.45, 7) is 7.34. The summed E-state index contributed by atoms with van der Waals surface area (Å²) >= 11 is 0. The number of rotatable bonds is 4. The Hall–Kier alpha value is -1.42. The molecule has 100 valence electrons. The minimum absolute atomic E-state index is 0.0255. The lowest BCUT2D eigenvalue weighted by molar-refractivity contribution is -0.131. The van der Waals surface area contributed by atoms with Crippen LogP contribution in [0.2, 0.25) is 0 Å². The molecule has 4 heteroatoms. The van der Waals surface area contributed by atoms with Crippen molar-refractivity contribution in [2.24, 2.45) is 0 Å². The molecule has 1 rings (SSSR count). The van der Waals surface area contributed by atoms with Gasteiger partial charge in [-0.1, -0.05) is 18.2 Å². The molecule has 1 amide bonds. The predicted octanol–water partition coefficient (Wildman–Crippen LogP) is 2.82. The van der Waals surface area contributed by atoms with Crippen molar-refractivity contribution in [2.75, 3.05) is 6.61 Å². The minimum atomic E-state index is -0.373. The standard InChI is InChI=1S/C14H20FNO2/c1-10(11-7-5-6-8-12(11)15)16-13(17)9-18-14(2,3)4/h5-8,10H,9H2,1-4H3,(H,16,17). The SMILES string of the molecule is CC(NC(=O)COC(C)(C)C)c1ccccc1F. The summed E-state index contributed by atoms with van der Waals surface area (Å²) in [7, 11) is 0. The van der Waals surface area contributed by atoms with Gasteiger partial charge >= 0.3 is 0 Å². The quantitative estimate of drug-likeness (QED) is 0.896. The number of nitrogens with one attached hydrogen (secondary N) is 1. The monoisotopic (exact) mass is 253 g/mol. The molecular weight excluding hydrogens is 233 g/mol. The van der Waals surface area contributed by atoms with E-state index in [2.05, 4.69) is 5.32 Å². The zero-order valence-electron chi connectivity index (χ0n) is 11.3. The molecule has 3 nitrogen and oxygen atoms in total. The Balaban J connectivity index is 2.53. The lowest BCUT2D eigenvalue weighted by atomic mass is 10.1. The van der Waals surface area contributed by atoms with Crippen molar-refractivity contribution in [3.05, 3.63) is 35.6 Å². The van der Waals surface area contributed by atoms with Gasteiger partial charge in [-0.15, -0.1) is 0 Å². The molecule has 0 saturated carbocycles. The third-order valence-corrected chi connectivity index (χ3v) is 2.39. The van der Waals surface area contributed by atoms with E-state index >= 15 is 0 Å². The third kappa shape index (κ3) is 4.84. The van der Waals surface area contributed by atoms with E-state index in [9.17, 15) is 9.18 Å². The molecule has 0 radical (unpaired) electrons. The van der Waals surface area contributed by atoms with Gasteiger partial charge < -0.3 is 10.1 Å². The van der Waals surface area contributed by atoms with Gasteiger partial charge in [-0.05, 0) is 33.8 Å². The highest BCUT2D eigenvalue weighted by Crippen LogP contribution is 2.16. The van der Waals surface area contributed by atoms with Gasteiger partial charge in [0, 0.05) is 5.56 Å². The van der Waals surface area contributed by atoms with Gasteiger partial charge in [0.05, 0.1) is 11.6 Å². The van der Waals surface area contributed by atoms with Gasteiger partial charge in [-0.25, -0.2) is 4.39 Å². The molecule has 0 aliphatic rings. The zero-order chi connectivity index (χ0) is 13.8. The van der Waals surface area contributed by atoms with Crippen molar-refractivity contribution in [3.8, 4) is 0 Å². The lowest BCUT2D eigenvalue weighted by Gasteiger charge is -2.20. The summed E-state index contributed by atoms with van der Waals surface area (Å²) in [5.41, 5.74) is 0.111. The van der Waals surface area contributed by atoms with E-state index in [1.165, 1.54) is 6.07 Å². The average molecular weight is 253 g/mol. The highest BCUT2D eigenvalue weighted by molar-refractivity contribution is 5.77. The van der Waals surface area contributed by atoms with Gasteiger partial charge in [0.15, 0.2) is 0 Å². The second-order valence-electron chi connectivity index (χ2n) is 5.21. The fourth-order valence-corrected chi connectivity index (χ4v) is 1.47. The Morgan fingerprint density at radius 3 is 2.56 bits per heavy atom. The number of carbonyl (C=O) groups is 1. The van der Waals surface area contributed by atoms with Crippen molar-refractivity contribution in [1.29, 1.82) is 0 Å². The number of hydrogen-bond acceptors (Lipinski definition) is 2. The van der Waals surface area contributed by atoms with E-state index in [1.54, 1.807) is 25.1 Å². The van der Waals surface area contributed by atoms with Crippen LogP contribution in [0.25, 0.3) is 0 Å². The molecule has 1 aromatic carbocycles. The number of ether oxygens (including phenoxy) is 1. The van der Waals surface area contributed by atoms with Crippen molar-refractivity contribution in [2.45, 2.75) is 39.3 Å². The summed E-state index contributed by atoms with van der Waals surface area (Å²) in [6, 6.07) is 6.03. The van der Waals surface area contributed by atoms with Gasteiger partial charge in [0.25, 0.3) is 0 Å². The summed E-state index contributed by atoms with van der Waals surface area (Å²) in [4.78, 5) is 11.6. The average Bonchev–Trinajstić information content (AvgIpc) is 2.26. The summed E-state index contributed by atoms with van der Waals surface area (Å²) in [5, 5.41) is 2.71. The van der Waals surface area contributed by atoms with Gasteiger partial charge in [-0.3, -0.25) is 4.79 Å². The molecule has 0 spiro atoms. The molecule has 1 atom stereocenters. The molecule has 18 heavy (non-hydrogen) atoms.